The molecule has 4 rings (SSSR count). The van der Waals surface area contributed by atoms with Gasteiger partial charge in [-0.15, -0.1) is 0 Å². The summed E-state index contributed by atoms with van der Waals surface area (Å²) in [4.78, 5) is 18.4. The van der Waals surface area contributed by atoms with E-state index in [9.17, 15) is 4.79 Å². The first-order valence-corrected chi connectivity index (χ1v) is 10.1. The second-order valence-corrected chi connectivity index (χ2v) is 7.55. The number of rotatable bonds is 9. The maximum Gasteiger partial charge on any atom is 0.248 e. The molecule has 1 saturated carbocycles. The van der Waals surface area contributed by atoms with Gasteiger partial charge in [-0.25, -0.2) is 0 Å². The molecule has 2 fully saturated rings. The fraction of sp³-hybridized carbons (Fsp3) is 0.571. The van der Waals surface area contributed by atoms with Crippen molar-refractivity contribution in [3.8, 4) is 0 Å². The third kappa shape index (κ3) is 4.97. The molecule has 0 radical (unpaired) electrons. The van der Waals surface area contributed by atoms with Gasteiger partial charge in [0.1, 0.15) is 6.61 Å². The fourth-order valence-corrected chi connectivity index (χ4v) is 3.67. The quantitative estimate of drug-likeness (QED) is 0.660. The van der Waals surface area contributed by atoms with E-state index < -0.39 is 0 Å². The molecule has 28 heavy (non-hydrogen) atoms. The number of amides is 1. The molecule has 0 spiro atoms. The lowest BCUT2D eigenvalue weighted by Gasteiger charge is -2.36. The minimum absolute atomic E-state index is 0.00289. The Balaban J connectivity index is 1.13. The van der Waals surface area contributed by atoms with Crippen molar-refractivity contribution in [3.05, 3.63) is 47.6 Å². The number of carbonyl (C=O) groups is 1. The van der Waals surface area contributed by atoms with E-state index in [1.807, 2.05) is 30.3 Å². The summed E-state index contributed by atoms with van der Waals surface area (Å²) in [5.41, 5.74) is 1.06. The zero-order chi connectivity index (χ0) is 19.2. The highest BCUT2D eigenvalue weighted by Gasteiger charge is 2.35. The minimum Gasteiger partial charge on any atom is -0.378 e. The Morgan fingerprint density at radius 2 is 1.96 bits per heavy atom. The number of benzene rings is 1. The third-order valence-electron chi connectivity index (χ3n) is 5.39. The normalized spacial score (nSPS) is 17.8. The van der Waals surface area contributed by atoms with E-state index in [1.54, 1.807) is 4.90 Å². The van der Waals surface area contributed by atoms with E-state index in [0.29, 0.717) is 50.5 Å². The highest BCUT2D eigenvalue weighted by atomic mass is 16.5. The van der Waals surface area contributed by atoms with Crippen LogP contribution < -0.4 is 0 Å². The van der Waals surface area contributed by atoms with E-state index in [2.05, 4.69) is 10.1 Å². The van der Waals surface area contributed by atoms with Crippen LogP contribution in [0.5, 0.6) is 0 Å². The van der Waals surface area contributed by atoms with E-state index in [4.69, 9.17) is 14.0 Å². The Labute approximate surface area is 165 Å². The monoisotopic (exact) mass is 385 g/mol. The van der Waals surface area contributed by atoms with Crippen LogP contribution in [0.1, 0.15) is 48.9 Å². The zero-order valence-electron chi connectivity index (χ0n) is 16.1. The van der Waals surface area contributed by atoms with Gasteiger partial charge in [0.05, 0.1) is 25.2 Å². The fourth-order valence-electron chi connectivity index (χ4n) is 3.67. The molecule has 1 saturated heterocycles. The van der Waals surface area contributed by atoms with Crippen molar-refractivity contribution < 1.29 is 18.8 Å². The summed E-state index contributed by atoms with van der Waals surface area (Å²) in [6.07, 6.45) is 5.94. The van der Waals surface area contributed by atoms with Crippen LogP contribution in [-0.2, 0) is 27.3 Å². The van der Waals surface area contributed by atoms with E-state index in [-0.39, 0.29) is 18.4 Å². The van der Waals surface area contributed by atoms with Gasteiger partial charge < -0.3 is 18.9 Å². The van der Waals surface area contributed by atoms with Crippen molar-refractivity contribution >= 4 is 5.91 Å². The van der Waals surface area contributed by atoms with Gasteiger partial charge in [-0.3, -0.25) is 4.79 Å². The topological polar surface area (TPSA) is 77.7 Å². The van der Waals surface area contributed by atoms with Crippen LogP contribution in [0.3, 0.4) is 0 Å². The predicted molar refractivity (Wildman–Crippen MR) is 102 cm³/mol. The number of likely N-dealkylation sites (tertiary alicyclic amines) is 1. The van der Waals surface area contributed by atoms with Gasteiger partial charge in [-0.2, -0.15) is 4.98 Å². The number of ether oxygens (including phenoxy) is 2. The number of hydrogen-bond acceptors (Lipinski definition) is 6. The summed E-state index contributed by atoms with van der Waals surface area (Å²) in [5, 5.41) is 4.04. The van der Waals surface area contributed by atoms with Gasteiger partial charge in [0, 0.05) is 19.5 Å². The van der Waals surface area contributed by atoms with Gasteiger partial charge >= 0.3 is 0 Å². The first-order chi connectivity index (χ1) is 13.8. The van der Waals surface area contributed by atoms with Crippen molar-refractivity contribution in [2.24, 2.45) is 0 Å². The van der Waals surface area contributed by atoms with Gasteiger partial charge in [-0.1, -0.05) is 48.3 Å². The smallest absolute Gasteiger partial charge is 0.248 e. The van der Waals surface area contributed by atoms with Crippen LogP contribution in [0, 0.1) is 0 Å². The van der Waals surface area contributed by atoms with E-state index in [1.165, 1.54) is 25.7 Å². The Kier molecular flexibility index (Phi) is 6.34. The maximum absolute atomic E-state index is 12.2. The molecule has 1 amide bonds. The van der Waals surface area contributed by atoms with Crippen LogP contribution in [-0.4, -0.2) is 53.4 Å². The van der Waals surface area contributed by atoms with Crippen molar-refractivity contribution in [2.75, 3.05) is 26.3 Å². The van der Waals surface area contributed by atoms with E-state index in [0.717, 1.165) is 5.56 Å². The molecular weight excluding hydrogens is 358 g/mol. The second-order valence-electron chi connectivity index (χ2n) is 7.55. The first kappa shape index (κ1) is 19.1. The molecule has 0 unspecified atom stereocenters. The number of hydrogen-bond donors (Lipinski definition) is 0. The summed E-state index contributed by atoms with van der Waals surface area (Å²) in [6.45, 7) is 2.38. The summed E-state index contributed by atoms with van der Waals surface area (Å²) >= 11 is 0. The number of carbonyl (C=O) groups excluding carboxylic acids is 1. The maximum atomic E-state index is 12.2. The Morgan fingerprint density at radius 3 is 2.75 bits per heavy atom. The van der Waals surface area contributed by atoms with Crippen LogP contribution in [0.15, 0.2) is 34.9 Å². The molecule has 1 aliphatic heterocycles. The molecule has 1 aromatic carbocycles. The highest BCUT2D eigenvalue weighted by molar-refractivity contribution is 5.78. The Hall–Kier alpha value is -2.25. The second kappa shape index (κ2) is 9.30. The SMILES string of the molecule is O=C(COCc1ccccc1)N1CC(c2nc(CCOC3CCCC3)no2)C1. The first-order valence-electron chi connectivity index (χ1n) is 10.1. The van der Waals surface area contributed by atoms with Crippen molar-refractivity contribution in [2.45, 2.75) is 50.7 Å². The van der Waals surface area contributed by atoms with Crippen molar-refractivity contribution in [3.63, 3.8) is 0 Å². The van der Waals surface area contributed by atoms with Gasteiger partial charge in [0.2, 0.25) is 11.8 Å². The molecule has 0 atom stereocenters. The highest BCUT2D eigenvalue weighted by Crippen LogP contribution is 2.26. The standard InChI is InChI=1S/C21H27N3O4/c25-20(15-26-14-16-6-2-1-3-7-16)24-12-17(13-24)21-22-19(23-28-21)10-11-27-18-8-4-5-9-18/h1-3,6-7,17-18H,4-5,8-15H2. The zero-order valence-corrected chi connectivity index (χ0v) is 16.1. The number of nitrogens with zero attached hydrogens (tertiary/aromatic N) is 3. The third-order valence-corrected chi connectivity index (χ3v) is 5.39. The molecular formula is C21H27N3O4. The minimum atomic E-state index is -0.00289. The predicted octanol–water partition coefficient (Wildman–Crippen LogP) is 2.71. The summed E-state index contributed by atoms with van der Waals surface area (Å²) in [7, 11) is 0. The van der Waals surface area contributed by atoms with Crippen LogP contribution in [0.25, 0.3) is 0 Å². The van der Waals surface area contributed by atoms with Gasteiger partial charge in [0.25, 0.3) is 0 Å². The van der Waals surface area contributed by atoms with Gasteiger partial charge in [-0.05, 0) is 18.4 Å². The average molecular weight is 385 g/mol. The van der Waals surface area contributed by atoms with Crippen molar-refractivity contribution in [1.29, 1.82) is 0 Å². The molecule has 1 aromatic heterocycles. The molecule has 0 bridgehead atoms. The lowest BCUT2D eigenvalue weighted by Crippen LogP contribution is -2.49. The van der Waals surface area contributed by atoms with Crippen LogP contribution in [0.4, 0.5) is 0 Å². The van der Waals surface area contributed by atoms with Gasteiger partial charge in [0.15, 0.2) is 5.82 Å². The molecule has 7 heteroatoms. The molecule has 7 nitrogen and oxygen atoms in total. The van der Waals surface area contributed by atoms with Crippen molar-refractivity contribution in [1.82, 2.24) is 15.0 Å². The molecule has 1 aliphatic carbocycles. The molecule has 150 valence electrons. The molecule has 2 aromatic rings. The summed E-state index contributed by atoms with van der Waals surface area (Å²) in [5.74, 6) is 1.42. The largest absolute Gasteiger partial charge is 0.378 e. The molecule has 2 aliphatic rings. The summed E-state index contributed by atoms with van der Waals surface area (Å²) < 4.78 is 16.7. The van der Waals surface area contributed by atoms with Crippen LogP contribution >= 0.6 is 0 Å². The molecule has 2 heterocycles. The van der Waals surface area contributed by atoms with Crippen LogP contribution in [0.2, 0.25) is 0 Å². The molecule has 0 N–H and O–H groups in total. The lowest BCUT2D eigenvalue weighted by atomic mass is 10.0. The average Bonchev–Trinajstić information content (AvgIpc) is 3.34. The number of aromatic nitrogens is 2. The Morgan fingerprint density at radius 1 is 1.18 bits per heavy atom. The lowest BCUT2D eigenvalue weighted by molar-refractivity contribution is -0.141. The Bertz CT molecular complexity index is 752. The van der Waals surface area contributed by atoms with E-state index >= 15 is 0 Å². The summed E-state index contributed by atoms with van der Waals surface area (Å²) in [6, 6.07) is 9.84.